The summed E-state index contributed by atoms with van der Waals surface area (Å²) in [4.78, 5) is 0. The van der Waals surface area contributed by atoms with E-state index < -0.39 is 0 Å². The average molecular weight is 507 g/mol. The molecule has 0 aromatic heterocycles. The zero-order valence-electron chi connectivity index (χ0n) is 23.2. The van der Waals surface area contributed by atoms with E-state index in [1.165, 1.54) is 81.8 Å². The first-order chi connectivity index (χ1) is 18.3. The van der Waals surface area contributed by atoms with Gasteiger partial charge in [-0.1, -0.05) is 106 Å². The van der Waals surface area contributed by atoms with Crippen molar-refractivity contribution in [3.05, 3.63) is 71.8 Å². The molecule has 0 saturated heterocycles. The molecule has 0 atom stereocenters. The number of hydrogen-bond acceptors (Lipinski definition) is 3. The number of ether oxygens (including phenoxy) is 3. The van der Waals surface area contributed by atoms with Gasteiger partial charge in [-0.05, 0) is 66.9 Å². The van der Waals surface area contributed by atoms with Crippen LogP contribution in [0.1, 0.15) is 88.7 Å². The predicted octanol–water partition coefficient (Wildman–Crippen LogP) is 8.61. The van der Waals surface area contributed by atoms with E-state index in [9.17, 15) is 0 Å². The van der Waals surface area contributed by atoms with Crippen LogP contribution in [-0.4, -0.2) is 25.9 Å². The molecule has 2 fully saturated rings. The highest BCUT2D eigenvalue weighted by Crippen LogP contribution is 2.42. The second-order valence-corrected chi connectivity index (χ2v) is 11.6. The van der Waals surface area contributed by atoms with Gasteiger partial charge in [0.1, 0.15) is 6.10 Å². The normalized spacial score (nSPS) is 24.4. The third-order valence-electron chi connectivity index (χ3n) is 8.86. The monoisotopic (exact) mass is 506 g/mol. The van der Waals surface area contributed by atoms with Crippen molar-refractivity contribution in [2.24, 2.45) is 23.7 Å². The van der Waals surface area contributed by atoms with E-state index >= 15 is 0 Å². The summed E-state index contributed by atoms with van der Waals surface area (Å²) in [5.74, 6) is 3.85. The Bertz CT molecular complexity index is 777. The fourth-order valence-corrected chi connectivity index (χ4v) is 6.62. The molecule has 204 valence electrons. The van der Waals surface area contributed by atoms with Crippen molar-refractivity contribution < 1.29 is 14.2 Å². The maximum Gasteiger partial charge on any atom is 0.104 e. The molecule has 3 heteroatoms. The van der Waals surface area contributed by atoms with Gasteiger partial charge in [-0.25, -0.2) is 0 Å². The molecule has 0 heterocycles. The molecular formula is C34H50O3. The molecule has 0 aliphatic heterocycles. The van der Waals surface area contributed by atoms with E-state index in [2.05, 4.69) is 55.5 Å². The molecule has 3 nitrogen and oxygen atoms in total. The van der Waals surface area contributed by atoms with Crippen LogP contribution in [0, 0.1) is 23.7 Å². The second-order valence-electron chi connectivity index (χ2n) is 11.6. The van der Waals surface area contributed by atoms with Crippen LogP contribution in [0.15, 0.2) is 60.7 Å². The van der Waals surface area contributed by atoms with Crippen LogP contribution in [0.5, 0.6) is 0 Å². The molecule has 0 unspecified atom stereocenters. The van der Waals surface area contributed by atoms with E-state index in [0.717, 1.165) is 30.3 Å². The zero-order valence-corrected chi connectivity index (χ0v) is 23.2. The number of benzene rings is 2. The third-order valence-corrected chi connectivity index (χ3v) is 8.86. The summed E-state index contributed by atoms with van der Waals surface area (Å²) in [6.07, 6.45) is 15.6. The Hall–Kier alpha value is -1.68. The van der Waals surface area contributed by atoms with Gasteiger partial charge in [0.25, 0.3) is 0 Å². The highest BCUT2D eigenvalue weighted by Gasteiger charge is 2.30. The molecular weight excluding hydrogens is 456 g/mol. The van der Waals surface area contributed by atoms with Crippen LogP contribution in [-0.2, 0) is 27.4 Å². The van der Waals surface area contributed by atoms with Gasteiger partial charge in [0.05, 0.1) is 26.4 Å². The number of rotatable bonds is 15. The summed E-state index contributed by atoms with van der Waals surface area (Å²) in [7, 11) is 0. The van der Waals surface area contributed by atoms with Crippen molar-refractivity contribution in [1.82, 2.24) is 0 Å². The average Bonchev–Trinajstić information content (AvgIpc) is 2.95. The largest absolute Gasteiger partial charge is 0.374 e. The first-order valence-corrected chi connectivity index (χ1v) is 15.1. The molecule has 2 aromatic rings. The molecule has 0 N–H and O–H groups in total. The number of hydrogen-bond donors (Lipinski definition) is 0. The third kappa shape index (κ3) is 10.2. The Morgan fingerprint density at radius 2 is 1.08 bits per heavy atom. The Morgan fingerprint density at radius 3 is 1.54 bits per heavy atom. The summed E-state index contributed by atoms with van der Waals surface area (Å²) in [6, 6.07) is 20.7. The van der Waals surface area contributed by atoms with Gasteiger partial charge in [0.2, 0.25) is 0 Å². The summed E-state index contributed by atoms with van der Waals surface area (Å²) in [6.45, 7) is 5.52. The quantitative estimate of drug-likeness (QED) is 0.242. The zero-order chi connectivity index (χ0) is 25.5. The molecule has 2 aromatic carbocycles. The molecule has 37 heavy (non-hydrogen) atoms. The molecule has 4 rings (SSSR count). The SMILES string of the molecule is CCCC1CCC(C2CCC(CCOC(COCc3ccccc3)COCc3ccccc3)CC2)CC1. The van der Waals surface area contributed by atoms with E-state index in [4.69, 9.17) is 14.2 Å². The van der Waals surface area contributed by atoms with Crippen molar-refractivity contribution in [3.8, 4) is 0 Å². The van der Waals surface area contributed by atoms with Gasteiger partial charge in [-0.3, -0.25) is 0 Å². The fourth-order valence-electron chi connectivity index (χ4n) is 6.62. The van der Waals surface area contributed by atoms with Crippen LogP contribution in [0.2, 0.25) is 0 Å². The first-order valence-electron chi connectivity index (χ1n) is 15.1. The van der Waals surface area contributed by atoms with Crippen molar-refractivity contribution in [2.75, 3.05) is 19.8 Å². The minimum atomic E-state index is -0.0259. The van der Waals surface area contributed by atoms with E-state index in [1.54, 1.807) is 0 Å². The lowest BCUT2D eigenvalue weighted by atomic mass is 9.68. The van der Waals surface area contributed by atoms with Gasteiger partial charge in [0.15, 0.2) is 0 Å². The highest BCUT2D eigenvalue weighted by atomic mass is 16.6. The van der Waals surface area contributed by atoms with Crippen molar-refractivity contribution in [1.29, 1.82) is 0 Å². The smallest absolute Gasteiger partial charge is 0.104 e. The lowest BCUT2D eigenvalue weighted by molar-refractivity contribution is -0.0701. The maximum atomic E-state index is 6.35. The van der Waals surface area contributed by atoms with E-state index in [0.29, 0.717) is 26.4 Å². The summed E-state index contributed by atoms with van der Waals surface area (Å²) >= 11 is 0. The lowest BCUT2D eigenvalue weighted by Crippen LogP contribution is -2.28. The van der Waals surface area contributed by atoms with Crippen molar-refractivity contribution >= 4 is 0 Å². The Kier molecular flexibility index (Phi) is 12.5. The van der Waals surface area contributed by atoms with Gasteiger partial charge < -0.3 is 14.2 Å². The molecule has 0 amide bonds. The van der Waals surface area contributed by atoms with Crippen molar-refractivity contribution in [3.63, 3.8) is 0 Å². The molecule has 0 radical (unpaired) electrons. The highest BCUT2D eigenvalue weighted by molar-refractivity contribution is 5.14. The van der Waals surface area contributed by atoms with E-state index in [1.807, 2.05) is 12.1 Å². The minimum absolute atomic E-state index is 0.0259. The summed E-state index contributed by atoms with van der Waals surface area (Å²) in [5.41, 5.74) is 2.39. The topological polar surface area (TPSA) is 27.7 Å². The van der Waals surface area contributed by atoms with Crippen LogP contribution in [0.4, 0.5) is 0 Å². The van der Waals surface area contributed by atoms with Crippen LogP contribution >= 0.6 is 0 Å². The van der Waals surface area contributed by atoms with Crippen LogP contribution in [0.25, 0.3) is 0 Å². The van der Waals surface area contributed by atoms with Crippen molar-refractivity contribution in [2.45, 2.75) is 96.9 Å². The summed E-state index contributed by atoms with van der Waals surface area (Å²) in [5, 5.41) is 0. The standard InChI is InChI=1S/C34H50O3/c1-2-9-28-14-18-32(19-15-28)33-20-16-29(17-21-33)22-23-37-34(26-35-24-30-10-5-3-6-11-30)27-36-25-31-12-7-4-8-13-31/h3-8,10-13,28-29,32-34H,2,9,14-27H2,1H3. The summed E-state index contributed by atoms with van der Waals surface area (Å²) < 4.78 is 18.4. The lowest BCUT2D eigenvalue weighted by Gasteiger charge is -2.38. The first kappa shape index (κ1) is 28.3. The van der Waals surface area contributed by atoms with E-state index in [-0.39, 0.29) is 6.10 Å². The minimum Gasteiger partial charge on any atom is -0.374 e. The van der Waals surface area contributed by atoms with Crippen LogP contribution in [0.3, 0.4) is 0 Å². The predicted molar refractivity (Wildman–Crippen MR) is 152 cm³/mol. The Morgan fingerprint density at radius 1 is 0.622 bits per heavy atom. The molecule has 2 aliphatic rings. The molecule has 2 aliphatic carbocycles. The molecule has 2 saturated carbocycles. The molecule has 0 bridgehead atoms. The second kappa shape index (κ2) is 16.3. The molecule has 0 spiro atoms. The van der Waals surface area contributed by atoms with Gasteiger partial charge in [-0.15, -0.1) is 0 Å². The maximum absolute atomic E-state index is 6.35. The Balaban J connectivity index is 1.15. The van der Waals surface area contributed by atoms with Gasteiger partial charge in [0, 0.05) is 6.61 Å². The van der Waals surface area contributed by atoms with Crippen LogP contribution < -0.4 is 0 Å². The van der Waals surface area contributed by atoms with Gasteiger partial charge >= 0.3 is 0 Å². The van der Waals surface area contributed by atoms with Gasteiger partial charge in [-0.2, -0.15) is 0 Å². The Labute approximate surface area is 226 Å². The fraction of sp³-hybridized carbons (Fsp3) is 0.647.